The van der Waals surface area contributed by atoms with Crippen molar-refractivity contribution >= 4 is 5.91 Å². The minimum absolute atomic E-state index is 0.127. The topological polar surface area (TPSA) is 41.1 Å². The fourth-order valence-corrected chi connectivity index (χ4v) is 2.18. The van der Waals surface area contributed by atoms with Crippen molar-refractivity contribution in [2.75, 3.05) is 13.1 Å². The molecule has 0 aliphatic carbocycles. The van der Waals surface area contributed by atoms with Crippen molar-refractivity contribution in [3.8, 4) is 0 Å². The van der Waals surface area contributed by atoms with E-state index in [4.69, 9.17) is 0 Å². The van der Waals surface area contributed by atoms with Gasteiger partial charge in [0.2, 0.25) is 5.91 Å². The molecule has 2 N–H and O–H groups in total. The van der Waals surface area contributed by atoms with Gasteiger partial charge in [-0.25, -0.2) is 0 Å². The average molecular weight is 262 g/mol. The second-order valence-electron chi connectivity index (χ2n) is 5.14. The quantitative estimate of drug-likeness (QED) is 0.793. The summed E-state index contributed by atoms with van der Waals surface area (Å²) in [5, 5.41) is 6.29. The second kappa shape index (κ2) is 7.95. The van der Waals surface area contributed by atoms with Gasteiger partial charge in [0.15, 0.2) is 0 Å². The minimum atomic E-state index is 0.127. The monoisotopic (exact) mass is 262 g/mol. The van der Waals surface area contributed by atoms with Crippen LogP contribution in [0.5, 0.6) is 0 Å². The van der Waals surface area contributed by atoms with Crippen LogP contribution in [0.25, 0.3) is 0 Å². The molecule has 0 fully saturated rings. The third-order valence-corrected chi connectivity index (χ3v) is 3.27. The molecule has 0 heterocycles. The number of amides is 1. The number of carbonyl (C=O) groups excluding carboxylic acids is 1. The van der Waals surface area contributed by atoms with E-state index in [2.05, 4.69) is 56.5 Å². The van der Waals surface area contributed by atoms with Gasteiger partial charge in [-0.15, -0.1) is 0 Å². The normalized spacial score (nSPS) is 12.2. The summed E-state index contributed by atoms with van der Waals surface area (Å²) >= 11 is 0. The predicted molar refractivity (Wildman–Crippen MR) is 80.3 cm³/mol. The molecule has 0 bridgehead atoms. The van der Waals surface area contributed by atoms with Crippen LogP contribution >= 0.6 is 0 Å². The number of aryl methyl sites for hydroxylation is 2. The zero-order valence-electron chi connectivity index (χ0n) is 12.5. The lowest BCUT2D eigenvalue weighted by atomic mass is 10.0. The fraction of sp³-hybridized carbons (Fsp3) is 0.562. The maximum atomic E-state index is 11.5. The largest absolute Gasteiger partial charge is 0.356 e. The van der Waals surface area contributed by atoms with Gasteiger partial charge in [-0.05, 0) is 38.3 Å². The Morgan fingerprint density at radius 2 is 2.00 bits per heavy atom. The van der Waals surface area contributed by atoms with E-state index in [1.807, 2.05) is 0 Å². The molecule has 1 atom stereocenters. The first-order valence-corrected chi connectivity index (χ1v) is 7.11. The highest BCUT2D eigenvalue weighted by Gasteiger charge is 2.08. The van der Waals surface area contributed by atoms with Crippen LogP contribution < -0.4 is 10.6 Å². The summed E-state index contributed by atoms with van der Waals surface area (Å²) in [6.07, 6.45) is 1.52. The lowest BCUT2D eigenvalue weighted by Gasteiger charge is -2.17. The van der Waals surface area contributed by atoms with Crippen molar-refractivity contribution < 1.29 is 4.79 Å². The van der Waals surface area contributed by atoms with E-state index in [1.165, 1.54) is 16.7 Å². The Labute approximate surface area is 116 Å². The number of carbonyl (C=O) groups is 1. The molecule has 106 valence electrons. The summed E-state index contributed by atoms with van der Waals surface area (Å²) in [5.41, 5.74) is 3.89. The van der Waals surface area contributed by atoms with Crippen molar-refractivity contribution in [3.63, 3.8) is 0 Å². The van der Waals surface area contributed by atoms with Crippen LogP contribution in [0.15, 0.2) is 18.2 Å². The summed E-state index contributed by atoms with van der Waals surface area (Å²) in [5.74, 6) is 0.127. The van der Waals surface area contributed by atoms with E-state index in [1.54, 1.807) is 0 Å². The molecule has 1 amide bonds. The SMILES string of the molecule is CCCNC(=O)CCNC(C)c1ccc(C)cc1C. The highest BCUT2D eigenvalue weighted by atomic mass is 16.1. The molecular weight excluding hydrogens is 236 g/mol. The minimum Gasteiger partial charge on any atom is -0.356 e. The number of benzene rings is 1. The number of hydrogen-bond acceptors (Lipinski definition) is 2. The average Bonchev–Trinajstić information content (AvgIpc) is 2.36. The van der Waals surface area contributed by atoms with Gasteiger partial charge in [0, 0.05) is 25.6 Å². The Hall–Kier alpha value is -1.35. The summed E-state index contributed by atoms with van der Waals surface area (Å²) in [6, 6.07) is 6.77. The molecule has 3 heteroatoms. The highest BCUT2D eigenvalue weighted by Crippen LogP contribution is 2.18. The maximum Gasteiger partial charge on any atom is 0.221 e. The van der Waals surface area contributed by atoms with Gasteiger partial charge in [-0.2, -0.15) is 0 Å². The molecule has 0 radical (unpaired) electrons. The van der Waals surface area contributed by atoms with Crippen molar-refractivity contribution in [2.24, 2.45) is 0 Å². The fourth-order valence-electron chi connectivity index (χ4n) is 2.18. The highest BCUT2D eigenvalue weighted by molar-refractivity contribution is 5.75. The van der Waals surface area contributed by atoms with Crippen LogP contribution in [-0.4, -0.2) is 19.0 Å². The van der Waals surface area contributed by atoms with Crippen LogP contribution in [0.4, 0.5) is 0 Å². The van der Waals surface area contributed by atoms with Crippen molar-refractivity contribution in [1.82, 2.24) is 10.6 Å². The number of rotatable bonds is 7. The van der Waals surface area contributed by atoms with Crippen molar-refractivity contribution in [1.29, 1.82) is 0 Å². The van der Waals surface area contributed by atoms with Crippen LogP contribution in [-0.2, 0) is 4.79 Å². The van der Waals surface area contributed by atoms with Gasteiger partial charge in [0.25, 0.3) is 0 Å². The number of hydrogen-bond donors (Lipinski definition) is 2. The first-order valence-electron chi connectivity index (χ1n) is 7.11. The summed E-state index contributed by atoms with van der Waals surface area (Å²) < 4.78 is 0. The smallest absolute Gasteiger partial charge is 0.221 e. The molecule has 1 unspecified atom stereocenters. The van der Waals surface area contributed by atoms with E-state index in [0.717, 1.165) is 13.0 Å². The Kier molecular flexibility index (Phi) is 6.57. The molecule has 0 aromatic heterocycles. The zero-order chi connectivity index (χ0) is 14.3. The predicted octanol–water partition coefficient (Wildman–Crippen LogP) is 2.87. The molecule has 19 heavy (non-hydrogen) atoms. The summed E-state index contributed by atoms with van der Waals surface area (Å²) in [4.78, 5) is 11.5. The lowest BCUT2D eigenvalue weighted by Crippen LogP contribution is -2.29. The van der Waals surface area contributed by atoms with Crippen molar-refractivity contribution in [3.05, 3.63) is 34.9 Å². The molecular formula is C16H26N2O. The molecule has 0 saturated heterocycles. The molecule has 1 rings (SSSR count). The first-order chi connectivity index (χ1) is 9.04. The third kappa shape index (κ3) is 5.43. The van der Waals surface area contributed by atoms with Gasteiger partial charge in [-0.3, -0.25) is 4.79 Å². The molecule has 0 spiro atoms. The first kappa shape index (κ1) is 15.7. The lowest BCUT2D eigenvalue weighted by molar-refractivity contribution is -0.121. The van der Waals surface area contributed by atoms with Gasteiger partial charge in [-0.1, -0.05) is 30.7 Å². The molecule has 0 aliphatic rings. The number of nitrogens with one attached hydrogen (secondary N) is 2. The van der Waals surface area contributed by atoms with Crippen LogP contribution in [0, 0.1) is 13.8 Å². The molecule has 0 saturated carbocycles. The zero-order valence-corrected chi connectivity index (χ0v) is 12.5. The van der Waals surface area contributed by atoms with E-state index < -0.39 is 0 Å². The van der Waals surface area contributed by atoms with E-state index in [9.17, 15) is 4.79 Å². The second-order valence-corrected chi connectivity index (χ2v) is 5.14. The van der Waals surface area contributed by atoms with Crippen LogP contribution in [0.1, 0.15) is 49.4 Å². The summed E-state index contributed by atoms with van der Waals surface area (Å²) in [6.45, 7) is 9.92. The Balaban J connectivity index is 2.38. The van der Waals surface area contributed by atoms with Gasteiger partial charge < -0.3 is 10.6 Å². The van der Waals surface area contributed by atoms with Gasteiger partial charge >= 0.3 is 0 Å². The standard InChI is InChI=1S/C16H26N2O/c1-5-9-18-16(19)8-10-17-14(4)15-7-6-12(2)11-13(15)3/h6-7,11,14,17H,5,8-10H2,1-4H3,(H,18,19). The van der Waals surface area contributed by atoms with Crippen LogP contribution in [0.2, 0.25) is 0 Å². The molecule has 1 aromatic carbocycles. The maximum absolute atomic E-state index is 11.5. The van der Waals surface area contributed by atoms with Gasteiger partial charge in [0.1, 0.15) is 0 Å². The van der Waals surface area contributed by atoms with E-state index >= 15 is 0 Å². The Morgan fingerprint density at radius 1 is 1.26 bits per heavy atom. The Morgan fingerprint density at radius 3 is 2.63 bits per heavy atom. The summed E-state index contributed by atoms with van der Waals surface area (Å²) in [7, 11) is 0. The van der Waals surface area contributed by atoms with Crippen molar-refractivity contribution in [2.45, 2.75) is 46.6 Å². The molecule has 0 aliphatic heterocycles. The Bertz CT molecular complexity index is 415. The molecule has 1 aromatic rings. The van der Waals surface area contributed by atoms with Gasteiger partial charge in [0.05, 0.1) is 0 Å². The molecule has 3 nitrogen and oxygen atoms in total. The third-order valence-electron chi connectivity index (χ3n) is 3.27. The van der Waals surface area contributed by atoms with E-state index in [-0.39, 0.29) is 11.9 Å². The van der Waals surface area contributed by atoms with E-state index in [0.29, 0.717) is 13.0 Å². The van der Waals surface area contributed by atoms with Crippen LogP contribution in [0.3, 0.4) is 0 Å².